The van der Waals surface area contributed by atoms with Crippen molar-refractivity contribution in [1.29, 1.82) is 0 Å². The number of benzene rings is 2. The van der Waals surface area contributed by atoms with Crippen LogP contribution in [0, 0.1) is 0 Å². The van der Waals surface area contributed by atoms with Gasteiger partial charge in [0, 0.05) is 19.6 Å². The normalized spacial score (nSPS) is 19.8. The van der Waals surface area contributed by atoms with Crippen molar-refractivity contribution >= 4 is 17.5 Å². The number of para-hydroxylation sites is 1. The molecule has 1 saturated heterocycles. The zero-order valence-corrected chi connectivity index (χ0v) is 16.4. The van der Waals surface area contributed by atoms with Crippen LogP contribution in [-0.4, -0.2) is 48.6 Å². The van der Waals surface area contributed by atoms with Gasteiger partial charge in [-0.1, -0.05) is 42.5 Å². The summed E-state index contributed by atoms with van der Waals surface area (Å²) in [7, 11) is 0. The first kappa shape index (κ1) is 20.0. The van der Waals surface area contributed by atoms with E-state index >= 15 is 0 Å². The maximum absolute atomic E-state index is 12.6. The summed E-state index contributed by atoms with van der Waals surface area (Å²) in [5, 5.41) is 5.79. The van der Waals surface area contributed by atoms with Gasteiger partial charge in [-0.25, -0.2) is 0 Å². The van der Waals surface area contributed by atoms with Gasteiger partial charge in [-0.15, -0.1) is 0 Å². The minimum atomic E-state index is -0.214. The Morgan fingerprint density at radius 2 is 1.64 bits per heavy atom. The van der Waals surface area contributed by atoms with Crippen LogP contribution < -0.4 is 10.6 Å². The molecule has 0 aliphatic carbocycles. The SMILES string of the molecule is C[C@@H]1CN(CC(=O)Nc2ccccc2C(=O)NCc2ccccc2)C[C@H](C)O1. The van der Waals surface area contributed by atoms with Crippen LogP contribution in [0.1, 0.15) is 29.8 Å². The predicted octanol–water partition coefficient (Wildman–Crippen LogP) is 2.66. The highest BCUT2D eigenvalue weighted by molar-refractivity contribution is 6.04. The zero-order chi connectivity index (χ0) is 19.9. The van der Waals surface area contributed by atoms with E-state index in [2.05, 4.69) is 15.5 Å². The molecule has 2 amide bonds. The molecule has 1 aliphatic heterocycles. The van der Waals surface area contributed by atoms with Crippen LogP contribution in [0.2, 0.25) is 0 Å². The van der Waals surface area contributed by atoms with Crippen molar-refractivity contribution in [3.63, 3.8) is 0 Å². The van der Waals surface area contributed by atoms with E-state index in [1.54, 1.807) is 18.2 Å². The number of hydrogen-bond acceptors (Lipinski definition) is 4. The molecule has 2 aromatic carbocycles. The third kappa shape index (κ3) is 5.65. The number of ether oxygens (including phenoxy) is 1. The summed E-state index contributed by atoms with van der Waals surface area (Å²) in [5.74, 6) is -0.349. The Hall–Kier alpha value is -2.70. The molecule has 0 unspecified atom stereocenters. The van der Waals surface area contributed by atoms with Gasteiger partial charge in [0.05, 0.1) is 30.0 Å². The summed E-state index contributed by atoms with van der Waals surface area (Å²) in [5.41, 5.74) is 2.00. The van der Waals surface area contributed by atoms with Crippen LogP contribution in [-0.2, 0) is 16.1 Å². The van der Waals surface area contributed by atoms with E-state index in [1.165, 1.54) is 0 Å². The number of amides is 2. The molecule has 2 N–H and O–H groups in total. The Labute approximate surface area is 165 Å². The summed E-state index contributed by atoms with van der Waals surface area (Å²) in [6.45, 7) is 6.16. The summed E-state index contributed by atoms with van der Waals surface area (Å²) in [4.78, 5) is 27.2. The molecule has 1 aliphatic rings. The fourth-order valence-corrected chi connectivity index (χ4v) is 3.47. The van der Waals surface area contributed by atoms with Crippen molar-refractivity contribution in [2.45, 2.75) is 32.6 Å². The molecule has 1 heterocycles. The molecule has 28 heavy (non-hydrogen) atoms. The van der Waals surface area contributed by atoms with Gasteiger partial charge >= 0.3 is 0 Å². The summed E-state index contributed by atoms with van der Waals surface area (Å²) in [6, 6.07) is 16.8. The Morgan fingerprint density at radius 1 is 1.00 bits per heavy atom. The largest absolute Gasteiger partial charge is 0.373 e. The monoisotopic (exact) mass is 381 g/mol. The highest BCUT2D eigenvalue weighted by atomic mass is 16.5. The molecule has 2 atom stereocenters. The molecule has 2 aromatic rings. The molecule has 6 heteroatoms. The Kier molecular flexibility index (Phi) is 6.79. The fraction of sp³-hybridized carbons (Fsp3) is 0.364. The van der Waals surface area contributed by atoms with Crippen molar-refractivity contribution in [1.82, 2.24) is 10.2 Å². The second-order valence-electron chi connectivity index (χ2n) is 7.21. The van der Waals surface area contributed by atoms with Gasteiger partial charge in [-0.05, 0) is 31.5 Å². The van der Waals surface area contributed by atoms with Crippen LogP contribution in [0.5, 0.6) is 0 Å². The van der Waals surface area contributed by atoms with E-state index in [-0.39, 0.29) is 30.6 Å². The van der Waals surface area contributed by atoms with Crippen molar-refractivity contribution in [2.24, 2.45) is 0 Å². The van der Waals surface area contributed by atoms with E-state index < -0.39 is 0 Å². The van der Waals surface area contributed by atoms with E-state index in [4.69, 9.17) is 4.74 Å². The second-order valence-corrected chi connectivity index (χ2v) is 7.21. The van der Waals surface area contributed by atoms with Crippen molar-refractivity contribution in [3.05, 3.63) is 65.7 Å². The van der Waals surface area contributed by atoms with Crippen molar-refractivity contribution < 1.29 is 14.3 Å². The number of nitrogens with zero attached hydrogens (tertiary/aromatic N) is 1. The summed E-state index contributed by atoms with van der Waals surface area (Å²) < 4.78 is 5.70. The third-order valence-electron chi connectivity index (χ3n) is 4.60. The van der Waals surface area contributed by atoms with Crippen LogP contribution in [0.3, 0.4) is 0 Å². The van der Waals surface area contributed by atoms with Gasteiger partial charge in [0.2, 0.25) is 5.91 Å². The second kappa shape index (κ2) is 9.48. The van der Waals surface area contributed by atoms with Crippen molar-refractivity contribution in [2.75, 3.05) is 25.0 Å². The highest BCUT2D eigenvalue weighted by Crippen LogP contribution is 2.16. The average molecular weight is 381 g/mol. The fourth-order valence-electron chi connectivity index (χ4n) is 3.47. The predicted molar refractivity (Wildman–Crippen MR) is 109 cm³/mol. The molecule has 6 nitrogen and oxygen atoms in total. The van der Waals surface area contributed by atoms with Crippen molar-refractivity contribution in [3.8, 4) is 0 Å². The maximum Gasteiger partial charge on any atom is 0.253 e. The Balaban J connectivity index is 1.60. The number of anilines is 1. The average Bonchev–Trinajstić information content (AvgIpc) is 2.66. The van der Waals surface area contributed by atoms with Crippen LogP contribution >= 0.6 is 0 Å². The first-order valence-electron chi connectivity index (χ1n) is 9.60. The van der Waals surface area contributed by atoms with Gasteiger partial charge < -0.3 is 15.4 Å². The molecule has 148 valence electrons. The number of nitrogens with one attached hydrogen (secondary N) is 2. The van der Waals surface area contributed by atoms with Gasteiger partial charge in [0.1, 0.15) is 0 Å². The highest BCUT2D eigenvalue weighted by Gasteiger charge is 2.24. The lowest BCUT2D eigenvalue weighted by molar-refractivity contribution is -0.121. The smallest absolute Gasteiger partial charge is 0.253 e. The molecule has 0 saturated carbocycles. The van der Waals surface area contributed by atoms with Crippen LogP contribution in [0.4, 0.5) is 5.69 Å². The molecule has 0 aromatic heterocycles. The van der Waals surface area contributed by atoms with Crippen LogP contribution in [0.15, 0.2) is 54.6 Å². The Morgan fingerprint density at radius 3 is 2.36 bits per heavy atom. The molecule has 0 spiro atoms. The molecule has 0 bridgehead atoms. The van der Waals surface area contributed by atoms with E-state index in [0.717, 1.165) is 18.7 Å². The molecule has 3 rings (SSSR count). The molecule has 1 fully saturated rings. The van der Waals surface area contributed by atoms with E-state index in [9.17, 15) is 9.59 Å². The first-order valence-corrected chi connectivity index (χ1v) is 9.60. The van der Waals surface area contributed by atoms with E-state index in [1.807, 2.05) is 50.2 Å². The van der Waals surface area contributed by atoms with Gasteiger partial charge in [0.15, 0.2) is 0 Å². The number of hydrogen-bond donors (Lipinski definition) is 2. The lowest BCUT2D eigenvalue weighted by Gasteiger charge is -2.34. The lowest BCUT2D eigenvalue weighted by Crippen LogP contribution is -2.48. The number of carbonyl (C=O) groups excluding carboxylic acids is 2. The zero-order valence-electron chi connectivity index (χ0n) is 16.4. The van der Waals surface area contributed by atoms with Crippen LogP contribution in [0.25, 0.3) is 0 Å². The molecular weight excluding hydrogens is 354 g/mol. The molecular formula is C22H27N3O3. The molecule has 0 radical (unpaired) electrons. The van der Waals surface area contributed by atoms with E-state index in [0.29, 0.717) is 17.8 Å². The summed E-state index contributed by atoms with van der Waals surface area (Å²) >= 11 is 0. The number of rotatable bonds is 6. The lowest BCUT2D eigenvalue weighted by atomic mass is 10.1. The number of carbonyl (C=O) groups is 2. The topological polar surface area (TPSA) is 70.7 Å². The standard InChI is InChI=1S/C22H27N3O3/c1-16-13-25(14-17(2)28-16)15-21(26)24-20-11-7-6-10-19(20)22(27)23-12-18-8-4-3-5-9-18/h3-11,16-17H,12-15H2,1-2H3,(H,23,27)(H,24,26)/t16-,17+. The quantitative estimate of drug-likeness (QED) is 0.807. The Bertz CT molecular complexity index is 800. The maximum atomic E-state index is 12.6. The van der Waals surface area contributed by atoms with Gasteiger partial charge in [0.25, 0.3) is 5.91 Å². The van der Waals surface area contributed by atoms with Gasteiger partial charge in [-0.3, -0.25) is 14.5 Å². The minimum Gasteiger partial charge on any atom is -0.373 e. The van der Waals surface area contributed by atoms with Gasteiger partial charge in [-0.2, -0.15) is 0 Å². The number of morpholine rings is 1. The summed E-state index contributed by atoms with van der Waals surface area (Å²) in [6.07, 6.45) is 0.209. The minimum absolute atomic E-state index is 0.104. The first-order chi connectivity index (χ1) is 13.5. The third-order valence-corrected chi connectivity index (χ3v) is 4.60.